The van der Waals surface area contributed by atoms with Crippen LogP contribution in [0.2, 0.25) is 0 Å². The Morgan fingerprint density at radius 3 is 3.07 bits per heavy atom. The minimum Gasteiger partial charge on any atom is -0.507 e. The van der Waals surface area contributed by atoms with E-state index in [1.54, 1.807) is 6.20 Å². The van der Waals surface area contributed by atoms with Crippen LogP contribution in [0.25, 0.3) is 22.2 Å². The number of rotatable bonds is 0. The molecule has 3 heteroatoms. The molecule has 0 atom stereocenters. The number of fused-ring (bicyclic) bond motifs is 3. The lowest BCUT2D eigenvalue weighted by molar-refractivity contribution is 0.484. The van der Waals surface area contributed by atoms with Gasteiger partial charge in [-0.05, 0) is 24.3 Å². The third-order valence-corrected chi connectivity index (χ3v) is 2.41. The third kappa shape index (κ3) is 0.785. The van der Waals surface area contributed by atoms with Crippen molar-refractivity contribution in [3.63, 3.8) is 0 Å². The molecule has 2 aliphatic rings. The van der Waals surface area contributed by atoms with E-state index >= 15 is 0 Å². The fourth-order valence-corrected chi connectivity index (χ4v) is 1.77. The lowest BCUT2D eigenvalue weighted by atomic mass is 10.2. The number of pyridine rings is 2. The van der Waals surface area contributed by atoms with Gasteiger partial charge < -0.3 is 10.1 Å². The van der Waals surface area contributed by atoms with Crippen LogP contribution < -0.4 is 0 Å². The fraction of sp³-hybridized carbons (Fsp3) is 0. The Labute approximate surface area is 80.4 Å². The van der Waals surface area contributed by atoms with Gasteiger partial charge in [-0.15, -0.1) is 0 Å². The Morgan fingerprint density at radius 2 is 2.14 bits per heavy atom. The lowest BCUT2D eigenvalue weighted by Crippen LogP contribution is -1.80. The molecule has 0 saturated carbocycles. The molecule has 1 aromatic rings. The summed E-state index contributed by atoms with van der Waals surface area (Å²) >= 11 is 0. The average Bonchev–Trinajstić information content (AvgIpc) is 2.55. The van der Waals surface area contributed by atoms with Gasteiger partial charge in [0.15, 0.2) is 0 Å². The Kier molecular flexibility index (Phi) is 1.31. The highest BCUT2D eigenvalue weighted by Gasteiger charge is 2.16. The van der Waals surface area contributed by atoms with E-state index in [4.69, 9.17) is 0 Å². The number of nitrogens with one attached hydrogen (secondary N) is 1. The number of hydrogen-bond acceptors (Lipinski definition) is 2. The van der Waals surface area contributed by atoms with Gasteiger partial charge in [-0.25, -0.2) is 0 Å². The maximum Gasteiger partial charge on any atom is 0.134 e. The van der Waals surface area contributed by atoms with E-state index in [9.17, 15) is 5.11 Å². The van der Waals surface area contributed by atoms with Gasteiger partial charge in [-0.2, -0.15) is 0 Å². The maximum absolute atomic E-state index is 9.89. The van der Waals surface area contributed by atoms with Crippen LogP contribution in [-0.4, -0.2) is 15.1 Å². The zero-order chi connectivity index (χ0) is 9.54. The molecule has 0 saturated heterocycles. The van der Waals surface area contributed by atoms with Crippen molar-refractivity contribution in [1.29, 1.82) is 0 Å². The van der Waals surface area contributed by atoms with Crippen molar-refractivity contribution in [3.05, 3.63) is 36.7 Å². The molecule has 2 N–H and O–H groups in total. The molecule has 68 valence electrons. The van der Waals surface area contributed by atoms with Crippen molar-refractivity contribution < 1.29 is 5.11 Å². The molecular weight excluding hydrogens is 176 g/mol. The number of aromatic nitrogens is 2. The standard InChI is InChI=1S/C11H8N2O/c14-11-7-3-1-5-12-9(7)10-8(11)4-2-6-13-10/h1-6,12,14H. The summed E-state index contributed by atoms with van der Waals surface area (Å²) in [5, 5.41) is 10.7. The molecule has 1 aliphatic carbocycles. The van der Waals surface area contributed by atoms with E-state index in [2.05, 4.69) is 9.97 Å². The van der Waals surface area contributed by atoms with E-state index in [1.807, 2.05) is 30.5 Å². The van der Waals surface area contributed by atoms with Gasteiger partial charge in [0, 0.05) is 23.3 Å². The predicted octanol–water partition coefficient (Wildman–Crippen LogP) is 2.37. The fourth-order valence-electron chi connectivity index (χ4n) is 1.77. The molecule has 0 unspecified atom stereocenters. The smallest absolute Gasteiger partial charge is 0.134 e. The summed E-state index contributed by atoms with van der Waals surface area (Å²) < 4.78 is 0. The highest BCUT2D eigenvalue weighted by molar-refractivity contribution is 6.04. The van der Waals surface area contributed by atoms with Crippen molar-refractivity contribution in [3.8, 4) is 17.0 Å². The van der Waals surface area contributed by atoms with E-state index < -0.39 is 0 Å². The first kappa shape index (κ1) is 7.38. The molecule has 1 aliphatic heterocycles. The Bertz CT molecular complexity index is 571. The summed E-state index contributed by atoms with van der Waals surface area (Å²) in [6, 6.07) is 7.43. The summed E-state index contributed by atoms with van der Waals surface area (Å²) in [4.78, 5) is 7.33. The zero-order valence-corrected chi connectivity index (χ0v) is 7.36. The Morgan fingerprint density at radius 1 is 1.21 bits per heavy atom. The number of aromatic hydroxyl groups is 1. The number of aromatic amines is 1. The quantitative estimate of drug-likeness (QED) is 0.563. The van der Waals surface area contributed by atoms with Gasteiger partial charge in [0.1, 0.15) is 5.75 Å². The van der Waals surface area contributed by atoms with Crippen LogP contribution in [0.5, 0.6) is 5.75 Å². The Balaban J connectivity index is 2.61. The van der Waals surface area contributed by atoms with Crippen LogP contribution in [0.15, 0.2) is 36.7 Å². The summed E-state index contributed by atoms with van der Waals surface area (Å²) in [7, 11) is 0. The predicted molar refractivity (Wildman–Crippen MR) is 54.4 cm³/mol. The molecule has 3 rings (SSSR count). The molecule has 0 aromatic carbocycles. The van der Waals surface area contributed by atoms with Crippen LogP contribution in [0.3, 0.4) is 0 Å². The molecular formula is C11H8N2O. The summed E-state index contributed by atoms with van der Waals surface area (Å²) in [5.74, 6) is 0.306. The maximum atomic E-state index is 9.89. The topological polar surface area (TPSA) is 48.9 Å². The third-order valence-electron chi connectivity index (χ3n) is 2.41. The molecule has 3 nitrogen and oxygen atoms in total. The van der Waals surface area contributed by atoms with Crippen molar-refractivity contribution in [2.75, 3.05) is 0 Å². The van der Waals surface area contributed by atoms with E-state index in [1.165, 1.54) is 0 Å². The van der Waals surface area contributed by atoms with Gasteiger partial charge in [-0.1, -0.05) is 0 Å². The first-order valence-corrected chi connectivity index (χ1v) is 4.40. The van der Waals surface area contributed by atoms with Crippen molar-refractivity contribution >= 4 is 10.9 Å². The summed E-state index contributed by atoms with van der Waals surface area (Å²) in [6.45, 7) is 0. The molecule has 0 spiro atoms. The number of hydrogen-bond donors (Lipinski definition) is 2. The van der Waals surface area contributed by atoms with Gasteiger partial charge >= 0.3 is 0 Å². The average molecular weight is 184 g/mol. The molecule has 1 aromatic heterocycles. The molecule has 0 amide bonds. The van der Waals surface area contributed by atoms with E-state index in [0.29, 0.717) is 5.75 Å². The highest BCUT2D eigenvalue weighted by Crippen LogP contribution is 2.40. The van der Waals surface area contributed by atoms with Gasteiger partial charge in [0.05, 0.1) is 11.2 Å². The second-order valence-corrected chi connectivity index (χ2v) is 3.21. The largest absolute Gasteiger partial charge is 0.507 e. The molecule has 0 fully saturated rings. The molecule has 0 bridgehead atoms. The number of H-pyrrole nitrogens is 1. The van der Waals surface area contributed by atoms with Crippen molar-refractivity contribution in [1.82, 2.24) is 9.97 Å². The minimum absolute atomic E-state index is 0.306. The van der Waals surface area contributed by atoms with E-state index in [0.717, 1.165) is 22.2 Å². The van der Waals surface area contributed by atoms with Crippen LogP contribution in [0.4, 0.5) is 0 Å². The minimum atomic E-state index is 0.306. The van der Waals surface area contributed by atoms with Crippen LogP contribution in [0.1, 0.15) is 0 Å². The summed E-state index contributed by atoms with van der Waals surface area (Å²) in [5.41, 5.74) is 2.53. The summed E-state index contributed by atoms with van der Waals surface area (Å²) in [6.07, 6.45) is 3.55. The first-order valence-electron chi connectivity index (χ1n) is 4.40. The molecule has 0 radical (unpaired) electrons. The van der Waals surface area contributed by atoms with Crippen molar-refractivity contribution in [2.45, 2.75) is 0 Å². The van der Waals surface area contributed by atoms with Gasteiger partial charge in [0.2, 0.25) is 0 Å². The SMILES string of the molecule is Oc1c2ccc[nH]c-2c2ncccc12. The normalized spacial score (nSPS) is 11.1. The van der Waals surface area contributed by atoms with Gasteiger partial charge in [-0.3, -0.25) is 4.98 Å². The van der Waals surface area contributed by atoms with E-state index in [-0.39, 0.29) is 0 Å². The second kappa shape index (κ2) is 2.48. The monoisotopic (exact) mass is 184 g/mol. The Hall–Kier alpha value is -2.03. The van der Waals surface area contributed by atoms with Crippen LogP contribution in [0, 0.1) is 0 Å². The highest BCUT2D eigenvalue weighted by atomic mass is 16.3. The van der Waals surface area contributed by atoms with Crippen LogP contribution >= 0.6 is 0 Å². The number of nitrogens with zero attached hydrogens (tertiary/aromatic N) is 1. The molecule has 2 heterocycles. The first-order chi connectivity index (χ1) is 6.88. The van der Waals surface area contributed by atoms with Crippen molar-refractivity contribution in [2.24, 2.45) is 0 Å². The second-order valence-electron chi connectivity index (χ2n) is 3.21. The molecule has 14 heavy (non-hydrogen) atoms. The lowest BCUT2D eigenvalue weighted by Gasteiger charge is -1.97. The van der Waals surface area contributed by atoms with Crippen LogP contribution in [-0.2, 0) is 0 Å². The van der Waals surface area contributed by atoms with Gasteiger partial charge in [0.25, 0.3) is 0 Å². The zero-order valence-electron chi connectivity index (χ0n) is 7.36.